The van der Waals surface area contributed by atoms with Crippen LogP contribution in [0.2, 0.25) is 0 Å². The van der Waals surface area contributed by atoms with Gasteiger partial charge in [0.1, 0.15) is 4.83 Å². The number of amides is 1. The van der Waals surface area contributed by atoms with Crippen LogP contribution in [0.15, 0.2) is 40.3 Å². The Morgan fingerprint density at radius 3 is 2.83 bits per heavy atom. The number of fused-ring (bicyclic) bond motifs is 3. The van der Waals surface area contributed by atoms with Crippen LogP contribution < -0.4 is 5.56 Å². The summed E-state index contributed by atoms with van der Waals surface area (Å²) >= 11 is 3.02. The average Bonchev–Trinajstić information content (AvgIpc) is 3.37. The molecule has 0 N–H and O–H groups in total. The zero-order valence-corrected chi connectivity index (χ0v) is 18.0. The molecule has 0 unspecified atom stereocenters. The summed E-state index contributed by atoms with van der Waals surface area (Å²) in [4.78, 5) is 34.8. The number of benzene rings is 1. The third-order valence-electron chi connectivity index (χ3n) is 5.73. The number of hydrogen-bond acceptors (Lipinski definition) is 5. The van der Waals surface area contributed by atoms with E-state index in [1.807, 2.05) is 23.1 Å². The van der Waals surface area contributed by atoms with Crippen LogP contribution >= 0.6 is 23.1 Å². The lowest BCUT2D eigenvalue weighted by Gasteiger charge is -2.22. The van der Waals surface area contributed by atoms with Gasteiger partial charge in [-0.2, -0.15) is 0 Å². The van der Waals surface area contributed by atoms with Crippen LogP contribution in [0.25, 0.3) is 10.2 Å². The molecule has 2 aliphatic carbocycles. The Hall–Kier alpha value is -2.12. The van der Waals surface area contributed by atoms with Gasteiger partial charge in [-0.25, -0.2) is 4.98 Å². The van der Waals surface area contributed by atoms with Crippen molar-refractivity contribution in [2.24, 2.45) is 7.05 Å². The fraction of sp³-hybridized carbons (Fsp3) is 0.409. The molecule has 5 nitrogen and oxygen atoms in total. The average molecular weight is 426 g/mol. The van der Waals surface area contributed by atoms with Crippen LogP contribution in [-0.4, -0.2) is 32.2 Å². The maximum absolute atomic E-state index is 13.0. The van der Waals surface area contributed by atoms with Gasteiger partial charge in [0.15, 0.2) is 5.16 Å². The monoisotopic (exact) mass is 425 g/mol. The van der Waals surface area contributed by atoms with Gasteiger partial charge < -0.3 is 4.90 Å². The predicted molar refractivity (Wildman–Crippen MR) is 118 cm³/mol. The van der Waals surface area contributed by atoms with Crippen LogP contribution in [0, 0.1) is 0 Å². The number of thiophene rings is 1. The van der Waals surface area contributed by atoms with Crippen molar-refractivity contribution in [2.75, 3.05) is 5.75 Å². The predicted octanol–water partition coefficient (Wildman–Crippen LogP) is 3.77. The summed E-state index contributed by atoms with van der Waals surface area (Å²) < 4.78 is 1.62. The first-order valence-electron chi connectivity index (χ1n) is 10.1. The van der Waals surface area contributed by atoms with Gasteiger partial charge in [0.05, 0.1) is 11.1 Å². The van der Waals surface area contributed by atoms with Gasteiger partial charge in [-0.05, 0) is 43.2 Å². The quantitative estimate of drug-likeness (QED) is 0.446. The second-order valence-corrected chi connectivity index (χ2v) is 9.85. The Morgan fingerprint density at radius 1 is 1.28 bits per heavy atom. The first kappa shape index (κ1) is 18.9. The zero-order chi connectivity index (χ0) is 20.0. The van der Waals surface area contributed by atoms with Crippen LogP contribution in [0.1, 0.15) is 35.3 Å². The number of aryl methyl sites for hydroxylation is 2. The molecule has 150 valence electrons. The number of aromatic nitrogens is 2. The summed E-state index contributed by atoms with van der Waals surface area (Å²) in [6.07, 6.45) is 5.31. The molecule has 29 heavy (non-hydrogen) atoms. The molecular formula is C22H23N3O2S2. The van der Waals surface area contributed by atoms with Crippen molar-refractivity contribution in [1.29, 1.82) is 0 Å². The maximum Gasteiger partial charge on any atom is 0.262 e. The molecule has 2 aliphatic rings. The molecule has 1 aromatic carbocycles. The van der Waals surface area contributed by atoms with E-state index in [0.717, 1.165) is 47.9 Å². The Kier molecular flexibility index (Phi) is 4.95. The lowest BCUT2D eigenvalue weighted by molar-refractivity contribution is -0.129. The van der Waals surface area contributed by atoms with Crippen molar-refractivity contribution in [2.45, 2.75) is 49.8 Å². The number of carbonyl (C=O) groups is 1. The number of thioether (sulfide) groups is 1. The van der Waals surface area contributed by atoms with Gasteiger partial charge in [-0.3, -0.25) is 14.2 Å². The van der Waals surface area contributed by atoms with Crippen LogP contribution in [0.5, 0.6) is 0 Å². The summed E-state index contributed by atoms with van der Waals surface area (Å²) in [5.74, 6) is 0.421. The second-order valence-electron chi connectivity index (χ2n) is 7.82. The Bertz CT molecular complexity index is 1130. The first-order valence-corrected chi connectivity index (χ1v) is 11.9. The highest BCUT2D eigenvalue weighted by atomic mass is 32.2. The van der Waals surface area contributed by atoms with Crippen molar-refractivity contribution in [3.63, 3.8) is 0 Å². The number of hydrogen-bond donors (Lipinski definition) is 0. The molecule has 2 heterocycles. The highest BCUT2D eigenvalue weighted by Crippen LogP contribution is 2.35. The third-order valence-corrected chi connectivity index (χ3v) is 7.93. The van der Waals surface area contributed by atoms with Crippen molar-refractivity contribution < 1.29 is 4.79 Å². The summed E-state index contributed by atoms with van der Waals surface area (Å²) in [7, 11) is 1.77. The molecule has 1 amide bonds. The molecule has 0 bridgehead atoms. The summed E-state index contributed by atoms with van der Waals surface area (Å²) in [5, 5.41) is 1.43. The highest BCUT2D eigenvalue weighted by molar-refractivity contribution is 7.99. The van der Waals surface area contributed by atoms with Gasteiger partial charge in [-0.15, -0.1) is 11.3 Å². The number of carbonyl (C=O) groups excluding carboxylic acids is 1. The minimum atomic E-state index is 0.0210. The van der Waals surface area contributed by atoms with E-state index < -0.39 is 0 Å². The molecular weight excluding hydrogens is 402 g/mol. The topological polar surface area (TPSA) is 55.2 Å². The van der Waals surface area contributed by atoms with E-state index in [1.54, 1.807) is 23.0 Å². The third kappa shape index (κ3) is 3.62. The van der Waals surface area contributed by atoms with Crippen molar-refractivity contribution in [3.8, 4) is 0 Å². The maximum atomic E-state index is 13.0. The van der Waals surface area contributed by atoms with Crippen molar-refractivity contribution in [3.05, 3.63) is 56.7 Å². The molecule has 5 rings (SSSR count). The SMILES string of the molecule is Cn1c(SCC(=O)N(Cc2ccccc2)C2CC2)nc2sc3c(c2c1=O)CCC3. The Balaban J connectivity index is 1.35. The minimum absolute atomic E-state index is 0.0210. The molecule has 7 heteroatoms. The normalized spacial score (nSPS) is 15.6. The fourth-order valence-electron chi connectivity index (χ4n) is 4.03. The fourth-order valence-corrected chi connectivity index (χ4v) is 6.19. The largest absolute Gasteiger partial charge is 0.335 e. The van der Waals surface area contributed by atoms with Gasteiger partial charge in [0, 0.05) is 24.5 Å². The lowest BCUT2D eigenvalue weighted by Crippen LogP contribution is -2.34. The van der Waals surface area contributed by atoms with Gasteiger partial charge in [0.2, 0.25) is 5.91 Å². The summed E-state index contributed by atoms with van der Waals surface area (Å²) in [6, 6.07) is 10.5. The molecule has 2 aromatic heterocycles. The van der Waals surface area contributed by atoms with E-state index in [4.69, 9.17) is 4.98 Å². The van der Waals surface area contributed by atoms with Crippen LogP contribution in [0.3, 0.4) is 0 Å². The Morgan fingerprint density at radius 2 is 2.07 bits per heavy atom. The van der Waals surface area contributed by atoms with Crippen molar-refractivity contribution >= 4 is 39.2 Å². The van der Waals surface area contributed by atoms with E-state index >= 15 is 0 Å². The molecule has 0 radical (unpaired) electrons. The summed E-state index contributed by atoms with van der Waals surface area (Å²) in [5.41, 5.74) is 2.37. The van der Waals surface area contributed by atoms with Gasteiger partial charge >= 0.3 is 0 Å². The van der Waals surface area contributed by atoms with Crippen molar-refractivity contribution in [1.82, 2.24) is 14.5 Å². The van der Waals surface area contributed by atoms with Gasteiger partial charge in [0.25, 0.3) is 5.56 Å². The van der Waals surface area contributed by atoms with Crippen LogP contribution in [-0.2, 0) is 31.2 Å². The molecule has 0 atom stereocenters. The smallest absolute Gasteiger partial charge is 0.262 e. The van der Waals surface area contributed by atoms with E-state index in [2.05, 4.69) is 12.1 Å². The molecule has 3 aromatic rings. The molecule has 0 aliphatic heterocycles. The minimum Gasteiger partial charge on any atom is -0.335 e. The Labute approximate surface area is 177 Å². The number of nitrogens with zero attached hydrogens (tertiary/aromatic N) is 3. The van der Waals surface area contributed by atoms with Crippen LogP contribution in [0.4, 0.5) is 0 Å². The lowest BCUT2D eigenvalue weighted by atomic mass is 10.2. The van der Waals surface area contributed by atoms with E-state index in [1.165, 1.54) is 22.2 Å². The second kappa shape index (κ2) is 7.61. The molecule has 0 spiro atoms. The number of rotatable bonds is 6. The molecule has 1 fully saturated rings. The molecule has 0 saturated heterocycles. The van der Waals surface area contributed by atoms with E-state index in [9.17, 15) is 9.59 Å². The zero-order valence-electron chi connectivity index (χ0n) is 16.4. The molecule has 1 saturated carbocycles. The standard InChI is InChI=1S/C22H23N3O2S2/c1-24-21(27)19-16-8-5-9-17(16)29-20(19)23-22(24)28-13-18(26)25(15-10-11-15)12-14-6-3-2-4-7-14/h2-4,6-7,15H,5,8-13H2,1H3. The van der Waals surface area contributed by atoms with E-state index in [0.29, 0.717) is 23.5 Å². The summed E-state index contributed by atoms with van der Waals surface area (Å²) in [6.45, 7) is 0.647. The highest BCUT2D eigenvalue weighted by Gasteiger charge is 2.32. The van der Waals surface area contributed by atoms with E-state index in [-0.39, 0.29) is 11.5 Å². The van der Waals surface area contributed by atoms with Gasteiger partial charge in [-0.1, -0.05) is 42.1 Å². The first-order chi connectivity index (χ1) is 14.1.